The number of hydrogen-bond acceptors (Lipinski definition) is 5. The molecular formula is C20H19FN4O4S. The summed E-state index contributed by atoms with van der Waals surface area (Å²) in [7, 11) is 2.96. The van der Waals surface area contributed by atoms with Crippen molar-refractivity contribution < 1.29 is 23.5 Å². The van der Waals surface area contributed by atoms with Gasteiger partial charge in [0.15, 0.2) is 0 Å². The summed E-state index contributed by atoms with van der Waals surface area (Å²) in [5, 5.41) is 3.60. The number of anilines is 1. The lowest BCUT2D eigenvalue weighted by Crippen LogP contribution is -2.50. The number of amides is 3. The number of benzene rings is 2. The molecule has 10 heteroatoms. The maximum absolute atomic E-state index is 13.5. The first-order chi connectivity index (χ1) is 14.3. The van der Waals surface area contributed by atoms with Gasteiger partial charge >= 0.3 is 0 Å². The SMILES string of the molecule is CNC(=O)C[C@H]1C(=O)N(c2ccc(OC)cc2)C(=S)N1NC(=O)c1cccc(F)c1. The first kappa shape index (κ1) is 21.2. The van der Waals surface area contributed by atoms with Crippen LogP contribution in [0, 0.1) is 5.82 Å². The molecule has 2 aromatic carbocycles. The Labute approximate surface area is 177 Å². The summed E-state index contributed by atoms with van der Waals surface area (Å²) in [6.45, 7) is 0. The number of nitrogens with zero attached hydrogens (tertiary/aromatic N) is 2. The van der Waals surface area contributed by atoms with Gasteiger partial charge in [0.05, 0.1) is 19.2 Å². The van der Waals surface area contributed by atoms with Gasteiger partial charge in [0.2, 0.25) is 11.0 Å². The van der Waals surface area contributed by atoms with Crippen LogP contribution in [0.15, 0.2) is 48.5 Å². The highest BCUT2D eigenvalue weighted by Gasteiger charge is 2.45. The second-order valence-electron chi connectivity index (χ2n) is 6.37. The third-order valence-electron chi connectivity index (χ3n) is 4.51. The van der Waals surface area contributed by atoms with Gasteiger partial charge in [0, 0.05) is 12.6 Å². The highest BCUT2D eigenvalue weighted by Crippen LogP contribution is 2.27. The third-order valence-corrected chi connectivity index (χ3v) is 4.89. The van der Waals surface area contributed by atoms with Crippen molar-refractivity contribution in [3.05, 3.63) is 59.9 Å². The van der Waals surface area contributed by atoms with Crippen molar-refractivity contribution in [3.8, 4) is 5.75 Å². The van der Waals surface area contributed by atoms with Gasteiger partial charge in [-0.05, 0) is 54.7 Å². The summed E-state index contributed by atoms with van der Waals surface area (Å²) >= 11 is 5.42. The molecule has 1 heterocycles. The average molecular weight is 430 g/mol. The molecule has 0 saturated carbocycles. The number of carbonyl (C=O) groups is 3. The summed E-state index contributed by atoms with van der Waals surface area (Å²) < 4.78 is 18.6. The number of rotatable bonds is 6. The number of ether oxygens (including phenoxy) is 1. The average Bonchev–Trinajstić information content (AvgIpc) is 2.97. The first-order valence-electron chi connectivity index (χ1n) is 8.94. The molecular weight excluding hydrogens is 411 g/mol. The Hall–Kier alpha value is -3.53. The Balaban J connectivity index is 1.91. The van der Waals surface area contributed by atoms with Crippen molar-refractivity contribution in [1.29, 1.82) is 0 Å². The van der Waals surface area contributed by atoms with Gasteiger partial charge < -0.3 is 10.1 Å². The highest BCUT2D eigenvalue weighted by atomic mass is 32.1. The Morgan fingerprint density at radius 1 is 1.20 bits per heavy atom. The standard InChI is InChI=1S/C20H19FN4O4S/c1-22-17(26)11-16-19(28)24(14-6-8-15(29-2)9-7-14)20(30)25(16)23-18(27)12-4-3-5-13(21)10-12/h3-10,16H,11H2,1-2H3,(H,22,26)(H,23,27)/t16-/m0/s1. The number of hydrogen-bond donors (Lipinski definition) is 2. The largest absolute Gasteiger partial charge is 0.497 e. The van der Waals surface area contributed by atoms with Crippen molar-refractivity contribution in [3.63, 3.8) is 0 Å². The van der Waals surface area contributed by atoms with E-state index in [4.69, 9.17) is 17.0 Å². The van der Waals surface area contributed by atoms with E-state index in [0.717, 1.165) is 11.1 Å². The lowest BCUT2D eigenvalue weighted by Gasteiger charge is -2.24. The molecule has 8 nitrogen and oxygen atoms in total. The van der Waals surface area contributed by atoms with Crippen LogP contribution in [0.1, 0.15) is 16.8 Å². The zero-order valence-corrected chi connectivity index (χ0v) is 17.0. The topological polar surface area (TPSA) is 91.0 Å². The maximum atomic E-state index is 13.5. The minimum absolute atomic E-state index is 0.0103. The fourth-order valence-electron chi connectivity index (χ4n) is 2.95. The predicted molar refractivity (Wildman–Crippen MR) is 111 cm³/mol. The van der Waals surface area contributed by atoms with Crippen LogP contribution < -0.4 is 20.4 Å². The molecule has 1 saturated heterocycles. The van der Waals surface area contributed by atoms with Crippen molar-refractivity contribution >= 4 is 40.7 Å². The second kappa shape index (κ2) is 8.87. The van der Waals surface area contributed by atoms with E-state index in [1.54, 1.807) is 24.3 Å². The molecule has 1 aliphatic heterocycles. The van der Waals surface area contributed by atoms with E-state index in [1.165, 1.54) is 37.3 Å². The number of nitrogens with one attached hydrogen (secondary N) is 2. The van der Waals surface area contributed by atoms with Crippen molar-refractivity contribution in [1.82, 2.24) is 15.8 Å². The van der Waals surface area contributed by atoms with Crippen molar-refractivity contribution in [2.24, 2.45) is 0 Å². The van der Waals surface area contributed by atoms with Crippen LogP contribution in [0.3, 0.4) is 0 Å². The minimum Gasteiger partial charge on any atom is -0.497 e. The maximum Gasteiger partial charge on any atom is 0.269 e. The summed E-state index contributed by atoms with van der Waals surface area (Å²) in [4.78, 5) is 38.9. The van der Waals surface area contributed by atoms with Crippen LogP contribution in [0.4, 0.5) is 10.1 Å². The lowest BCUT2D eigenvalue weighted by molar-refractivity contribution is -0.127. The monoisotopic (exact) mass is 430 g/mol. The van der Waals surface area contributed by atoms with Crippen molar-refractivity contribution in [2.75, 3.05) is 19.1 Å². The molecule has 0 aliphatic carbocycles. The van der Waals surface area contributed by atoms with Crippen LogP contribution in [0.5, 0.6) is 5.75 Å². The molecule has 0 spiro atoms. The van der Waals surface area contributed by atoms with Gasteiger partial charge in [-0.15, -0.1) is 0 Å². The Morgan fingerprint density at radius 2 is 1.90 bits per heavy atom. The molecule has 30 heavy (non-hydrogen) atoms. The molecule has 0 unspecified atom stereocenters. The first-order valence-corrected chi connectivity index (χ1v) is 9.35. The summed E-state index contributed by atoms with van der Waals surface area (Å²) in [5.74, 6) is -1.53. The van der Waals surface area contributed by atoms with Gasteiger partial charge in [-0.2, -0.15) is 0 Å². The van der Waals surface area contributed by atoms with E-state index in [9.17, 15) is 18.8 Å². The molecule has 3 rings (SSSR count). The molecule has 2 N–H and O–H groups in total. The van der Waals surface area contributed by atoms with Crippen LogP contribution in [0.25, 0.3) is 0 Å². The summed E-state index contributed by atoms with van der Waals surface area (Å²) in [5.41, 5.74) is 3.03. The zero-order chi connectivity index (χ0) is 21.8. The predicted octanol–water partition coefficient (Wildman–Crippen LogP) is 1.62. The van der Waals surface area contributed by atoms with E-state index < -0.39 is 29.6 Å². The van der Waals surface area contributed by atoms with Gasteiger partial charge in [-0.3, -0.25) is 24.7 Å². The van der Waals surface area contributed by atoms with Gasteiger partial charge in [-0.25, -0.2) is 9.40 Å². The number of carbonyl (C=O) groups excluding carboxylic acids is 3. The number of methoxy groups -OCH3 is 1. The number of halogens is 1. The fourth-order valence-corrected chi connectivity index (χ4v) is 3.32. The molecule has 2 aromatic rings. The normalized spacial score (nSPS) is 15.9. The van der Waals surface area contributed by atoms with E-state index >= 15 is 0 Å². The van der Waals surface area contributed by atoms with E-state index in [2.05, 4.69) is 10.7 Å². The summed E-state index contributed by atoms with van der Waals surface area (Å²) in [6.07, 6.45) is -0.231. The van der Waals surface area contributed by atoms with Gasteiger partial charge in [-0.1, -0.05) is 6.07 Å². The quantitative estimate of drug-likeness (QED) is 0.677. The Kier molecular flexibility index (Phi) is 6.26. The smallest absolute Gasteiger partial charge is 0.269 e. The molecule has 1 fully saturated rings. The third kappa shape index (κ3) is 4.23. The highest BCUT2D eigenvalue weighted by molar-refractivity contribution is 7.80. The molecule has 0 bridgehead atoms. The molecule has 0 aromatic heterocycles. The van der Waals surface area contributed by atoms with Gasteiger partial charge in [0.1, 0.15) is 17.6 Å². The Morgan fingerprint density at radius 3 is 2.50 bits per heavy atom. The lowest BCUT2D eigenvalue weighted by atomic mass is 10.1. The van der Waals surface area contributed by atoms with Gasteiger partial charge in [0.25, 0.3) is 11.8 Å². The van der Waals surface area contributed by atoms with Crippen LogP contribution in [0.2, 0.25) is 0 Å². The van der Waals surface area contributed by atoms with Crippen LogP contribution in [-0.4, -0.2) is 48.0 Å². The van der Waals surface area contributed by atoms with Crippen molar-refractivity contribution in [2.45, 2.75) is 12.5 Å². The second-order valence-corrected chi connectivity index (χ2v) is 6.73. The van der Waals surface area contributed by atoms with E-state index in [-0.39, 0.29) is 17.1 Å². The van der Waals surface area contributed by atoms with Crippen LogP contribution in [-0.2, 0) is 9.59 Å². The Bertz CT molecular complexity index is 999. The van der Waals surface area contributed by atoms with E-state index in [1.807, 2.05) is 0 Å². The zero-order valence-electron chi connectivity index (χ0n) is 16.2. The molecule has 3 amide bonds. The number of thiocarbonyl (C=S) groups is 1. The van der Waals surface area contributed by atoms with Crippen LogP contribution >= 0.6 is 12.2 Å². The minimum atomic E-state index is -1.06. The molecule has 0 radical (unpaired) electrons. The molecule has 156 valence electrons. The van der Waals surface area contributed by atoms with E-state index in [0.29, 0.717) is 11.4 Å². The summed E-state index contributed by atoms with van der Waals surface area (Å²) in [6, 6.07) is 10.6. The number of hydrazine groups is 1. The molecule has 1 aliphatic rings. The molecule has 1 atom stereocenters. The fraction of sp³-hybridized carbons (Fsp3) is 0.200.